The number of hydrogen-bond donors (Lipinski definition) is 1. The molecule has 0 aliphatic rings. The molecular weight excluding hydrogens is 277 g/mol. The van der Waals surface area contributed by atoms with Gasteiger partial charge in [-0.05, 0) is 11.6 Å². The van der Waals surface area contributed by atoms with Crippen molar-refractivity contribution in [3.8, 4) is 0 Å². The third-order valence-corrected chi connectivity index (χ3v) is 3.03. The molecule has 2 rings (SSSR count). The van der Waals surface area contributed by atoms with Gasteiger partial charge in [0.25, 0.3) is 0 Å². The van der Waals surface area contributed by atoms with Gasteiger partial charge in [-0.15, -0.1) is 11.6 Å². The molecule has 1 heterocycles. The summed E-state index contributed by atoms with van der Waals surface area (Å²) in [5.41, 5.74) is 1.18. The summed E-state index contributed by atoms with van der Waals surface area (Å²) in [7, 11) is 0. The largest absolute Gasteiger partial charge is 0.263 e. The van der Waals surface area contributed by atoms with Crippen molar-refractivity contribution in [3.05, 3.63) is 46.0 Å². The van der Waals surface area contributed by atoms with Gasteiger partial charge < -0.3 is 0 Å². The first-order valence-corrected chi connectivity index (χ1v) is 5.82. The van der Waals surface area contributed by atoms with E-state index in [4.69, 9.17) is 11.6 Å². The summed E-state index contributed by atoms with van der Waals surface area (Å²) in [5.74, 6) is 1.81. The van der Waals surface area contributed by atoms with E-state index in [0.717, 1.165) is 16.7 Å². The predicted octanol–water partition coefficient (Wildman–Crippen LogP) is 2.90. The molecule has 0 saturated heterocycles. The van der Waals surface area contributed by atoms with Gasteiger partial charge >= 0.3 is 0 Å². The van der Waals surface area contributed by atoms with Crippen LogP contribution in [0.25, 0.3) is 0 Å². The van der Waals surface area contributed by atoms with Crippen LogP contribution in [0.15, 0.2) is 28.7 Å². The zero-order valence-electron chi connectivity index (χ0n) is 7.87. The van der Waals surface area contributed by atoms with Crippen LogP contribution in [0.1, 0.15) is 17.2 Å². The number of benzene rings is 1. The Hall–Kier alpha value is -0.870. The Morgan fingerprint density at radius 2 is 2.13 bits per heavy atom. The summed E-state index contributed by atoms with van der Waals surface area (Å²) in [4.78, 5) is 4.25. The highest BCUT2D eigenvalue weighted by molar-refractivity contribution is 9.10. The number of aromatic amines is 1. The van der Waals surface area contributed by atoms with Crippen LogP contribution in [0.3, 0.4) is 0 Å². The molecule has 0 fully saturated rings. The van der Waals surface area contributed by atoms with Crippen LogP contribution in [0.4, 0.5) is 0 Å². The monoisotopic (exact) mass is 285 g/mol. The van der Waals surface area contributed by atoms with E-state index in [2.05, 4.69) is 31.1 Å². The molecule has 0 amide bonds. The zero-order chi connectivity index (χ0) is 10.7. The van der Waals surface area contributed by atoms with Crippen molar-refractivity contribution in [2.45, 2.75) is 12.3 Å². The van der Waals surface area contributed by atoms with Crippen LogP contribution in [-0.2, 0) is 12.3 Å². The molecule has 0 unspecified atom stereocenters. The molecule has 0 atom stereocenters. The third-order valence-electron chi connectivity index (χ3n) is 2.01. The van der Waals surface area contributed by atoms with E-state index < -0.39 is 0 Å². The van der Waals surface area contributed by atoms with Crippen LogP contribution in [0, 0.1) is 0 Å². The van der Waals surface area contributed by atoms with Gasteiger partial charge in [-0.3, -0.25) is 5.10 Å². The van der Waals surface area contributed by atoms with E-state index in [-0.39, 0.29) is 0 Å². The predicted molar refractivity (Wildman–Crippen MR) is 62.9 cm³/mol. The highest BCUT2D eigenvalue weighted by atomic mass is 79.9. The van der Waals surface area contributed by atoms with Crippen molar-refractivity contribution in [1.82, 2.24) is 15.2 Å². The lowest BCUT2D eigenvalue weighted by molar-refractivity contribution is 0.965. The van der Waals surface area contributed by atoms with Gasteiger partial charge in [0.1, 0.15) is 5.82 Å². The Morgan fingerprint density at radius 3 is 2.80 bits per heavy atom. The molecule has 0 spiro atoms. The van der Waals surface area contributed by atoms with Gasteiger partial charge in [0, 0.05) is 10.9 Å². The maximum atomic E-state index is 5.62. The van der Waals surface area contributed by atoms with Crippen molar-refractivity contribution in [1.29, 1.82) is 0 Å². The van der Waals surface area contributed by atoms with E-state index in [1.54, 1.807) is 0 Å². The van der Waals surface area contributed by atoms with E-state index in [1.165, 1.54) is 5.56 Å². The first kappa shape index (κ1) is 10.6. The Balaban J connectivity index is 2.18. The molecule has 0 saturated carbocycles. The molecule has 15 heavy (non-hydrogen) atoms. The normalized spacial score (nSPS) is 10.5. The Kier molecular flexibility index (Phi) is 3.38. The van der Waals surface area contributed by atoms with Crippen LogP contribution in [0.5, 0.6) is 0 Å². The number of aromatic nitrogens is 3. The minimum absolute atomic E-state index is 0.340. The first-order valence-electron chi connectivity index (χ1n) is 4.49. The quantitative estimate of drug-likeness (QED) is 0.882. The smallest absolute Gasteiger partial charge is 0.165 e. The van der Waals surface area contributed by atoms with Crippen molar-refractivity contribution in [3.63, 3.8) is 0 Å². The molecule has 0 radical (unpaired) electrons. The fourth-order valence-corrected chi connectivity index (χ4v) is 1.84. The van der Waals surface area contributed by atoms with Crippen molar-refractivity contribution >= 4 is 27.5 Å². The Bertz CT molecular complexity index is 455. The lowest BCUT2D eigenvalue weighted by Gasteiger charge is -2.00. The van der Waals surface area contributed by atoms with Gasteiger partial charge in [0.15, 0.2) is 5.82 Å². The maximum Gasteiger partial charge on any atom is 0.165 e. The van der Waals surface area contributed by atoms with Gasteiger partial charge in [-0.1, -0.05) is 34.1 Å². The molecule has 1 N–H and O–H groups in total. The van der Waals surface area contributed by atoms with Gasteiger partial charge in [-0.25, -0.2) is 4.98 Å². The molecule has 0 bridgehead atoms. The molecule has 0 aliphatic carbocycles. The molecule has 2 aromatic rings. The van der Waals surface area contributed by atoms with Crippen LogP contribution in [0.2, 0.25) is 0 Å². The summed E-state index contributed by atoms with van der Waals surface area (Å²) in [6.07, 6.45) is 0.727. The highest BCUT2D eigenvalue weighted by Gasteiger charge is 2.05. The minimum Gasteiger partial charge on any atom is -0.263 e. The van der Waals surface area contributed by atoms with Gasteiger partial charge in [0.05, 0.1) is 5.88 Å². The average Bonchev–Trinajstić information content (AvgIpc) is 2.69. The summed E-state index contributed by atoms with van der Waals surface area (Å²) in [5, 5.41) is 6.84. The number of H-pyrrole nitrogens is 1. The molecule has 3 nitrogen and oxygen atoms in total. The topological polar surface area (TPSA) is 41.6 Å². The van der Waals surface area contributed by atoms with Gasteiger partial charge in [-0.2, -0.15) is 5.10 Å². The van der Waals surface area contributed by atoms with E-state index in [0.29, 0.717) is 11.7 Å². The highest BCUT2D eigenvalue weighted by Crippen LogP contribution is 2.18. The minimum atomic E-state index is 0.340. The van der Waals surface area contributed by atoms with Crippen LogP contribution in [-0.4, -0.2) is 15.2 Å². The fraction of sp³-hybridized carbons (Fsp3) is 0.200. The van der Waals surface area contributed by atoms with E-state index in [9.17, 15) is 0 Å². The number of nitrogens with one attached hydrogen (secondary N) is 1. The zero-order valence-corrected chi connectivity index (χ0v) is 10.2. The number of nitrogens with zero attached hydrogens (tertiary/aromatic N) is 2. The second-order valence-electron chi connectivity index (χ2n) is 3.10. The van der Waals surface area contributed by atoms with Crippen molar-refractivity contribution in [2.24, 2.45) is 0 Å². The molecule has 0 aliphatic heterocycles. The van der Waals surface area contributed by atoms with Gasteiger partial charge in [0.2, 0.25) is 0 Å². The first-order chi connectivity index (χ1) is 7.29. The van der Waals surface area contributed by atoms with Crippen LogP contribution < -0.4 is 0 Å². The number of rotatable bonds is 3. The number of hydrogen-bond acceptors (Lipinski definition) is 2. The Labute approximate surface area is 101 Å². The second-order valence-corrected chi connectivity index (χ2v) is 4.22. The lowest BCUT2D eigenvalue weighted by atomic mass is 10.1. The summed E-state index contributed by atoms with van der Waals surface area (Å²) < 4.78 is 1.08. The average molecular weight is 287 g/mol. The Morgan fingerprint density at radius 1 is 1.33 bits per heavy atom. The molecule has 1 aromatic heterocycles. The number of halogens is 2. The van der Waals surface area contributed by atoms with Crippen LogP contribution >= 0.6 is 27.5 Å². The van der Waals surface area contributed by atoms with Crippen molar-refractivity contribution < 1.29 is 0 Å². The lowest BCUT2D eigenvalue weighted by Crippen LogP contribution is -1.92. The van der Waals surface area contributed by atoms with E-state index >= 15 is 0 Å². The number of alkyl halides is 1. The molecular formula is C10H9BrClN3. The SMILES string of the molecule is ClCc1n[nH]c(Cc2ccccc2Br)n1. The second kappa shape index (κ2) is 4.77. The van der Waals surface area contributed by atoms with E-state index in [1.807, 2.05) is 24.3 Å². The molecule has 5 heteroatoms. The standard InChI is InChI=1S/C10H9BrClN3/c11-8-4-2-1-3-7(8)5-9-13-10(6-12)15-14-9/h1-4H,5-6H2,(H,13,14,15). The van der Waals surface area contributed by atoms with Crippen molar-refractivity contribution in [2.75, 3.05) is 0 Å². The molecule has 78 valence electrons. The summed E-state index contributed by atoms with van der Waals surface area (Å²) in [6.45, 7) is 0. The fourth-order valence-electron chi connectivity index (χ4n) is 1.30. The summed E-state index contributed by atoms with van der Waals surface area (Å²) in [6, 6.07) is 8.04. The summed E-state index contributed by atoms with van der Waals surface area (Å²) >= 11 is 9.11. The molecule has 1 aromatic carbocycles. The maximum absolute atomic E-state index is 5.62. The third kappa shape index (κ3) is 2.58.